The lowest BCUT2D eigenvalue weighted by molar-refractivity contribution is -0.111. The number of amides is 1. The van der Waals surface area contributed by atoms with Crippen molar-refractivity contribution in [2.45, 2.75) is 40.2 Å². The van der Waals surface area contributed by atoms with Gasteiger partial charge in [-0.15, -0.1) is 0 Å². The molecule has 0 aliphatic heterocycles. The van der Waals surface area contributed by atoms with Crippen LogP contribution in [0.25, 0.3) is 6.08 Å². The number of hydrogen-bond donors (Lipinski definition) is 1. The molecule has 2 aromatic rings. The molecule has 0 saturated heterocycles. The van der Waals surface area contributed by atoms with Crippen molar-refractivity contribution >= 4 is 17.8 Å². The molecule has 1 heterocycles. The van der Waals surface area contributed by atoms with Gasteiger partial charge in [0.05, 0.1) is 19.9 Å². The highest BCUT2D eigenvalue weighted by Gasteiger charge is 2.07. The summed E-state index contributed by atoms with van der Waals surface area (Å²) in [7, 11) is 1.61. The fourth-order valence-electron chi connectivity index (χ4n) is 2.50. The van der Waals surface area contributed by atoms with Crippen molar-refractivity contribution in [1.82, 2.24) is 9.78 Å². The fraction of sp³-hybridized carbons (Fsp3) is 0.429. The Morgan fingerprint density at radius 2 is 2.11 bits per heavy atom. The van der Waals surface area contributed by atoms with Gasteiger partial charge in [0.2, 0.25) is 5.91 Å². The zero-order chi connectivity index (χ0) is 19.6. The predicted molar refractivity (Wildman–Crippen MR) is 108 cm³/mol. The van der Waals surface area contributed by atoms with Gasteiger partial charge in [0, 0.05) is 18.7 Å². The van der Waals surface area contributed by atoms with Crippen molar-refractivity contribution in [3.8, 4) is 11.5 Å². The van der Waals surface area contributed by atoms with Gasteiger partial charge in [-0.3, -0.25) is 4.79 Å². The normalized spacial score (nSPS) is 11.1. The number of carbonyl (C=O) groups is 1. The molecule has 1 amide bonds. The van der Waals surface area contributed by atoms with Crippen LogP contribution in [0.5, 0.6) is 11.5 Å². The van der Waals surface area contributed by atoms with Gasteiger partial charge in [-0.2, -0.15) is 5.10 Å². The van der Waals surface area contributed by atoms with E-state index in [9.17, 15) is 4.79 Å². The van der Waals surface area contributed by atoms with Gasteiger partial charge in [0.15, 0.2) is 11.5 Å². The lowest BCUT2D eigenvalue weighted by Gasteiger charge is -2.11. The van der Waals surface area contributed by atoms with Gasteiger partial charge in [-0.1, -0.05) is 33.3 Å². The molecule has 0 aliphatic carbocycles. The van der Waals surface area contributed by atoms with Crippen molar-refractivity contribution < 1.29 is 14.3 Å². The molecular formula is C21H29N3O3. The van der Waals surface area contributed by atoms with Crippen LogP contribution in [0.15, 0.2) is 36.5 Å². The van der Waals surface area contributed by atoms with Crippen LogP contribution in [0.1, 0.15) is 39.2 Å². The first-order valence-electron chi connectivity index (χ1n) is 9.35. The van der Waals surface area contributed by atoms with Crippen molar-refractivity contribution in [2.75, 3.05) is 19.0 Å². The maximum atomic E-state index is 12.2. The topological polar surface area (TPSA) is 65.4 Å². The van der Waals surface area contributed by atoms with Gasteiger partial charge < -0.3 is 14.8 Å². The van der Waals surface area contributed by atoms with Crippen molar-refractivity contribution in [1.29, 1.82) is 0 Å². The molecule has 1 N–H and O–H groups in total. The second kappa shape index (κ2) is 10.4. The molecule has 0 aliphatic rings. The minimum Gasteiger partial charge on any atom is -0.493 e. The first-order valence-corrected chi connectivity index (χ1v) is 9.35. The summed E-state index contributed by atoms with van der Waals surface area (Å²) in [5.74, 6) is 2.30. The van der Waals surface area contributed by atoms with Gasteiger partial charge in [-0.05, 0) is 36.1 Å². The predicted octanol–water partition coefficient (Wildman–Crippen LogP) is 4.38. The SMILES string of the molecule is CCCCOc1ccc(/C=C/C(=O)Nc2ccnn2CC(C)C)cc1OC. The Labute approximate surface area is 161 Å². The summed E-state index contributed by atoms with van der Waals surface area (Å²) < 4.78 is 12.9. The number of ether oxygens (including phenoxy) is 2. The molecule has 0 saturated carbocycles. The smallest absolute Gasteiger partial charge is 0.249 e. The number of anilines is 1. The molecule has 146 valence electrons. The maximum Gasteiger partial charge on any atom is 0.249 e. The van der Waals surface area contributed by atoms with Crippen LogP contribution in [0.2, 0.25) is 0 Å². The van der Waals surface area contributed by atoms with Crippen molar-refractivity contribution in [3.05, 3.63) is 42.1 Å². The van der Waals surface area contributed by atoms with Crippen LogP contribution in [-0.2, 0) is 11.3 Å². The molecule has 6 heteroatoms. The summed E-state index contributed by atoms with van der Waals surface area (Å²) in [5, 5.41) is 7.10. The Morgan fingerprint density at radius 1 is 1.30 bits per heavy atom. The average molecular weight is 371 g/mol. The summed E-state index contributed by atoms with van der Waals surface area (Å²) in [6.45, 7) is 7.75. The number of nitrogens with one attached hydrogen (secondary N) is 1. The molecule has 1 aromatic carbocycles. The molecule has 1 aromatic heterocycles. The minimum atomic E-state index is -0.206. The number of aromatic nitrogens is 2. The zero-order valence-corrected chi connectivity index (χ0v) is 16.6. The number of hydrogen-bond acceptors (Lipinski definition) is 4. The van der Waals surface area contributed by atoms with E-state index >= 15 is 0 Å². The molecule has 6 nitrogen and oxygen atoms in total. The van der Waals surface area contributed by atoms with Crippen molar-refractivity contribution in [3.63, 3.8) is 0 Å². The number of benzene rings is 1. The van der Waals surface area contributed by atoms with E-state index in [4.69, 9.17) is 9.47 Å². The second-order valence-electron chi connectivity index (χ2n) is 6.73. The average Bonchev–Trinajstić information content (AvgIpc) is 3.06. The Bertz CT molecular complexity index is 766. The molecular weight excluding hydrogens is 342 g/mol. The third-order valence-electron chi connectivity index (χ3n) is 3.88. The highest BCUT2D eigenvalue weighted by molar-refractivity contribution is 6.01. The number of methoxy groups -OCH3 is 1. The fourth-order valence-corrected chi connectivity index (χ4v) is 2.50. The summed E-state index contributed by atoms with van der Waals surface area (Å²) in [4.78, 5) is 12.2. The number of carbonyl (C=O) groups excluding carboxylic acids is 1. The van der Waals surface area contributed by atoms with Crippen LogP contribution in [0.3, 0.4) is 0 Å². The van der Waals surface area contributed by atoms with Crippen LogP contribution >= 0.6 is 0 Å². The minimum absolute atomic E-state index is 0.206. The molecule has 2 rings (SSSR count). The molecule has 0 atom stereocenters. The van der Waals surface area contributed by atoms with E-state index in [-0.39, 0.29) is 5.91 Å². The molecule has 27 heavy (non-hydrogen) atoms. The Hall–Kier alpha value is -2.76. The molecule has 0 radical (unpaired) electrons. The largest absolute Gasteiger partial charge is 0.493 e. The number of nitrogens with zero attached hydrogens (tertiary/aromatic N) is 2. The summed E-state index contributed by atoms with van der Waals surface area (Å²) in [6, 6.07) is 7.41. The highest BCUT2D eigenvalue weighted by Crippen LogP contribution is 2.28. The summed E-state index contributed by atoms with van der Waals surface area (Å²) in [6.07, 6.45) is 7.01. The van der Waals surface area contributed by atoms with Crippen LogP contribution in [0.4, 0.5) is 5.82 Å². The highest BCUT2D eigenvalue weighted by atomic mass is 16.5. The third-order valence-corrected chi connectivity index (χ3v) is 3.88. The van der Waals surface area contributed by atoms with Crippen LogP contribution < -0.4 is 14.8 Å². The van der Waals surface area contributed by atoms with Gasteiger partial charge in [0.25, 0.3) is 0 Å². The van der Waals surface area contributed by atoms with E-state index in [0.717, 1.165) is 24.9 Å². The maximum absolute atomic E-state index is 12.2. The standard InChI is InChI=1S/C21H29N3O3/c1-5-6-13-27-18-9-7-17(14-19(18)26-4)8-10-21(25)23-20-11-12-22-24(20)15-16(2)3/h7-12,14,16H,5-6,13,15H2,1-4H3,(H,23,25)/b10-8+. The zero-order valence-electron chi connectivity index (χ0n) is 16.6. The summed E-state index contributed by atoms with van der Waals surface area (Å²) >= 11 is 0. The first kappa shape index (κ1) is 20.6. The molecule has 0 unspecified atom stereocenters. The van der Waals surface area contributed by atoms with E-state index in [0.29, 0.717) is 29.8 Å². The number of unbranched alkanes of at least 4 members (excludes halogenated alkanes) is 1. The van der Waals surface area contributed by atoms with E-state index in [1.807, 2.05) is 18.2 Å². The van der Waals surface area contributed by atoms with E-state index < -0.39 is 0 Å². The summed E-state index contributed by atoms with van der Waals surface area (Å²) in [5.41, 5.74) is 0.862. The van der Waals surface area contributed by atoms with Crippen LogP contribution in [-0.4, -0.2) is 29.4 Å². The lowest BCUT2D eigenvalue weighted by Crippen LogP contribution is -2.15. The van der Waals surface area contributed by atoms with Crippen LogP contribution in [0, 0.1) is 5.92 Å². The first-order chi connectivity index (χ1) is 13.0. The van der Waals surface area contributed by atoms with Gasteiger partial charge >= 0.3 is 0 Å². The lowest BCUT2D eigenvalue weighted by atomic mass is 10.2. The quantitative estimate of drug-likeness (QED) is 0.497. The third kappa shape index (κ3) is 6.47. The van der Waals surface area contributed by atoms with Crippen molar-refractivity contribution in [2.24, 2.45) is 5.92 Å². The van der Waals surface area contributed by atoms with Gasteiger partial charge in [0.1, 0.15) is 5.82 Å². The van der Waals surface area contributed by atoms with E-state index in [2.05, 4.69) is 31.2 Å². The monoisotopic (exact) mass is 371 g/mol. The second-order valence-corrected chi connectivity index (χ2v) is 6.73. The van der Waals surface area contributed by atoms with E-state index in [1.165, 1.54) is 6.08 Å². The van der Waals surface area contributed by atoms with E-state index in [1.54, 1.807) is 30.1 Å². The Kier molecular flexibility index (Phi) is 7.92. The van der Waals surface area contributed by atoms with Gasteiger partial charge in [-0.25, -0.2) is 4.68 Å². The number of rotatable bonds is 10. The Balaban J connectivity index is 2.00. The Morgan fingerprint density at radius 3 is 2.81 bits per heavy atom. The molecule has 0 fully saturated rings. The molecule has 0 spiro atoms. The molecule has 0 bridgehead atoms.